The fraction of sp³-hybridized carbons (Fsp3) is 0.350. The van der Waals surface area contributed by atoms with Gasteiger partial charge in [0.25, 0.3) is 5.69 Å². The molecular weight excluding hydrogens is 440 g/mol. The van der Waals surface area contributed by atoms with Crippen molar-refractivity contribution in [1.82, 2.24) is 4.31 Å². The summed E-state index contributed by atoms with van der Waals surface area (Å²) in [7, 11) is 0.620. The van der Waals surface area contributed by atoms with Gasteiger partial charge in [-0.2, -0.15) is 9.41 Å². The Morgan fingerprint density at radius 1 is 1.03 bits per heavy atom. The van der Waals surface area contributed by atoms with E-state index in [4.69, 9.17) is 14.2 Å². The van der Waals surface area contributed by atoms with E-state index in [-0.39, 0.29) is 23.7 Å². The Bertz CT molecular complexity index is 1100. The van der Waals surface area contributed by atoms with Crippen molar-refractivity contribution >= 4 is 27.6 Å². The first-order valence-electron chi connectivity index (χ1n) is 9.61. The summed E-state index contributed by atoms with van der Waals surface area (Å²) in [5.41, 5.74) is 2.73. The molecule has 0 aliphatic rings. The van der Waals surface area contributed by atoms with Crippen LogP contribution in [0.15, 0.2) is 40.3 Å². The van der Waals surface area contributed by atoms with E-state index in [0.717, 1.165) is 6.07 Å². The molecule has 2 aromatic carbocycles. The standard InChI is InChI=1S/C20H26N4O7S/c1-6-23(7-2)32(27,28)15-8-9-16(17(11-15)24(25)26)22-21-13-14-10-19(30-4)20(31-5)12-18(14)29-3/h8-13,22H,6-7H2,1-5H3/b21-13+. The van der Waals surface area contributed by atoms with Gasteiger partial charge in [0.05, 0.1) is 37.4 Å². The second-order valence-corrected chi connectivity index (χ2v) is 8.28. The van der Waals surface area contributed by atoms with Gasteiger partial charge in [0.15, 0.2) is 11.5 Å². The highest BCUT2D eigenvalue weighted by Crippen LogP contribution is 2.34. The van der Waals surface area contributed by atoms with Crippen LogP contribution in [0.25, 0.3) is 0 Å². The number of nitro groups is 1. The quantitative estimate of drug-likeness (QED) is 0.303. The average Bonchev–Trinajstić information content (AvgIpc) is 2.79. The summed E-state index contributed by atoms with van der Waals surface area (Å²) in [5, 5.41) is 15.6. The number of hydrogen-bond acceptors (Lipinski definition) is 9. The molecule has 0 heterocycles. The van der Waals surface area contributed by atoms with Crippen LogP contribution in [-0.2, 0) is 10.0 Å². The van der Waals surface area contributed by atoms with Crippen LogP contribution in [0.1, 0.15) is 19.4 Å². The molecule has 174 valence electrons. The number of rotatable bonds is 11. The monoisotopic (exact) mass is 466 g/mol. The lowest BCUT2D eigenvalue weighted by Crippen LogP contribution is -2.30. The lowest BCUT2D eigenvalue weighted by Gasteiger charge is -2.18. The van der Waals surface area contributed by atoms with E-state index in [2.05, 4.69) is 10.5 Å². The third-order valence-corrected chi connectivity index (χ3v) is 6.68. The lowest BCUT2D eigenvalue weighted by molar-refractivity contribution is -0.384. The molecule has 0 atom stereocenters. The van der Waals surface area contributed by atoms with E-state index in [0.29, 0.717) is 22.8 Å². The molecule has 0 aromatic heterocycles. The van der Waals surface area contributed by atoms with Gasteiger partial charge in [-0.3, -0.25) is 15.5 Å². The highest BCUT2D eigenvalue weighted by atomic mass is 32.2. The van der Waals surface area contributed by atoms with Gasteiger partial charge in [-0.15, -0.1) is 0 Å². The third kappa shape index (κ3) is 5.26. The van der Waals surface area contributed by atoms with E-state index in [1.807, 2.05) is 0 Å². The van der Waals surface area contributed by atoms with Crippen molar-refractivity contribution in [2.24, 2.45) is 5.10 Å². The number of hydrazone groups is 1. The average molecular weight is 467 g/mol. The smallest absolute Gasteiger partial charge is 0.295 e. The molecule has 2 rings (SSSR count). The number of ether oxygens (including phenoxy) is 3. The Hall–Kier alpha value is -3.38. The maximum absolute atomic E-state index is 12.7. The number of sulfonamides is 1. The van der Waals surface area contributed by atoms with Crippen LogP contribution in [-0.4, -0.2) is 58.3 Å². The van der Waals surface area contributed by atoms with Crippen molar-refractivity contribution in [2.75, 3.05) is 39.8 Å². The largest absolute Gasteiger partial charge is 0.496 e. The number of anilines is 1. The fourth-order valence-corrected chi connectivity index (χ4v) is 4.43. The molecule has 0 aliphatic carbocycles. The van der Waals surface area contributed by atoms with Crippen molar-refractivity contribution in [3.05, 3.63) is 46.0 Å². The van der Waals surface area contributed by atoms with Gasteiger partial charge in [0, 0.05) is 30.8 Å². The van der Waals surface area contributed by atoms with E-state index in [1.165, 1.54) is 44.0 Å². The Balaban J connectivity index is 2.38. The normalized spacial score (nSPS) is 11.6. The summed E-state index contributed by atoms with van der Waals surface area (Å²) in [6.07, 6.45) is 1.39. The zero-order chi connectivity index (χ0) is 23.9. The van der Waals surface area contributed by atoms with Gasteiger partial charge in [0.1, 0.15) is 11.4 Å². The minimum Gasteiger partial charge on any atom is -0.496 e. The summed E-state index contributed by atoms with van der Waals surface area (Å²) in [5.74, 6) is 1.37. The minimum absolute atomic E-state index is 0.0317. The molecule has 0 spiro atoms. The molecule has 0 fully saturated rings. The molecule has 1 N–H and O–H groups in total. The van der Waals surface area contributed by atoms with Gasteiger partial charge in [0.2, 0.25) is 10.0 Å². The zero-order valence-corrected chi connectivity index (χ0v) is 19.3. The predicted octanol–water partition coefficient (Wildman–Crippen LogP) is 3.10. The number of nitro benzene ring substituents is 1. The zero-order valence-electron chi connectivity index (χ0n) is 18.5. The first kappa shape index (κ1) is 24.9. The van der Waals surface area contributed by atoms with Crippen molar-refractivity contribution in [3.63, 3.8) is 0 Å². The second kappa shape index (κ2) is 10.8. The molecule has 0 saturated carbocycles. The molecule has 0 aliphatic heterocycles. The topological polar surface area (TPSA) is 133 Å². The number of nitrogens with zero attached hydrogens (tertiary/aromatic N) is 3. The van der Waals surface area contributed by atoms with Crippen molar-refractivity contribution in [2.45, 2.75) is 18.7 Å². The van der Waals surface area contributed by atoms with Gasteiger partial charge in [-0.05, 0) is 18.2 Å². The van der Waals surface area contributed by atoms with Gasteiger partial charge >= 0.3 is 0 Å². The summed E-state index contributed by atoms with van der Waals surface area (Å²) in [6, 6.07) is 6.88. The maximum atomic E-state index is 12.7. The molecule has 0 amide bonds. The van der Waals surface area contributed by atoms with Gasteiger partial charge in [-0.25, -0.2) is 8.42 Å². The Morgan fingerprint density at radius 2 is 1.62 bits per heavy atom. The Kier molecular flexibility index (Phi) is 8.38. The Morgan fingerprint density at radius 3 is 2.16 bits per heavy atom. The molecule has 0 radical (unpaired) electrons. The predicted molar refractivity (Wildman–Crippen MR) is 121 cm³/mol. The molecular formula is C20H26N4O7S. The number of benzene rings is 2. The Labute approximate surface area is 186 Å². The number of methoxy groups -OCH3 is 3. The second-order valence-electron chi connectivity index (χ2n) is 6.34. The van der Waals surface area contributed by atoms with E-state index in [1.54, 1.807) is 26.0 Å². The van der Waals surface area contributed by atoms with Crippen molar-refractivity contribution in [3.8, 4) is 17.2 Å². The summed E-state index contributed by atoms with van der Waals surface area (Å²) in [4.78, 5) is 10.7. The van der Waals surface area contributed by atoms with Gasteiger partial charge < -0.3 is 14.2 Å². The van der Waals surface area contributed by atoms with Crippen molar-refractivity contribution in [1.29, 1.82) is 0 Å². The summed E-state index contributed by atoms with van der Waals surface area (Å²) < 4.78 is 42.4. The fourth-order valence-electron chi connectivity index (χ4n) is 2.96. The van der Waals surface area contributed by atoms with Crippen LogP contribution in [0.4, 0.5) is 11.4 Å². The molecule has 12 heteroatoms. The van der Waals surface area contributed by atoms with E-state index < -0.39 is 20.6 Å². The number of hydrogen-bond donors (Lipinski definition) is 1. The van der Waals surface area contributed by atoms with Crippen LogP contribution >= 0.6 is 0 Å². The molecule has 0 unspecified atom stereocenters. The van der Waals surface area contributed by atoms with Crippen LogP contribution in [0.2, 0.25) is 0 Å². The first-order chi connectivity index (χ1) is 15.2. The molecule has 0 bridgehead atoms. The molecule has 2 aromatic rings. The molecule has 32 heavy (non-hydrogen) atoms. The summed E-state index contributed by atoms with van der Waals surface area (Å²) >= 11 is 0. The third-order valence-electron chi connectivity index (χ3n) is 4.63. The van der Waals surface area contributed by atoms with Crippen LogP contribution in [0.5, 0.6) is 17.2 Å². The molecule has 0 saturated heterocycles. The minimum atomic E-state index is -3.84. The highest BCUT2D eigenvalue weighted by molar-refractivity contribution is 7.89. The first-order valence-corrected chi connectivity index (χ1v) is 11.0. The van der Waals surface area contributed by atoms with Crippen LogP contribution in [0, 0.1) is 10.1 Å². The molecule has 11 nitrogen and oxygen atoms in total. The SMILES string of the molecule is CCN(CC)S(=O)(=O)c1ccc(N/N=C/c2cc(OC)c(OC)cc2OC)c([N+](=O)[O-])c1. The van der Waals surface area contributed by atoms with E-state index in [9.17, 15) is 18.5 Å². The lowest BCUT2D eigenvalue weighted by atomic mass is 10.2. The van der Waals surface area contributed by atoms with Crippen LogP contribution in [0.3, 0.4) is 0 Å². The highest BCUT2D eigenvalue weighted by Gasteiger charge is 2.25. The van der Waals surface area contributed by atoms with Gasteiger partial charge in [-0.1, -0.05) is 13.8 Å². The van der Waals surface area contributed by atoms with Crippen LogP contribution < -0.4 is 19.6 Å². The number of nitrogens with one attached hydrogen (secondary N) is 1. The van der Waals surface area contributed by atoms with E-state index >= 15 is 0 Å². The maximum Gasteiger partial charge on any atom is 0.295 e. The summed E-state index contributed by atoms with van der Waals surface area (Å²) in [6.45, 7) is 3.90. The van der Waals surface area contributed by atoms with Crippen molar-refractivity contribution < 1.29 is 27.6 Å².